The first-order chi connectivity index (χ1) is 6.52. The molecule has 0 heterocycles. The molecule has 1 aromatic carbocycles. The SMILES string of the molecule is CC(C)N(C(=O)O)c1cccc(Br)c1. The maximum atomic E-state index is 11.0. The van der Waals surface area contributed by atoms with Gasteiger partial charge < -0.3 is 5.11 Å². The predicted octanol–water partition coefficient (Wildman–Crippen LogP) is 3.34. The zero-order valence-electron chi connectivity index (χ0n) is 8.07. The average molecular weight is 258 g/mol. The standard InChI is InChI=1S/C10H12BrNO2/c1-7(2)12(10(13)14)9-5-3-4-8(11)6-9/h3-7H,1-2H3,(H,13,14). The predicted molar refractivity (Wildman–Crippen MR) is 59.8 cm³/mol. The minimum Gasteiger partial charge on any atom is -0.465 e. The van der Waals surface area contributed by atoms with Crippen molar-refractivity contribution in [1.29, 1.82) is 0 Å². The van der Waals surface area contributed by atoms with E-state index in [0.717, 1.165) is 4.47 Å². The third kappa shape index (κ3) is 2.48. The Kier molecular flexibility index (Phi) is 3.52. The van der Waals surface area contributed by atoms with Crippen LogP contribution in [0.5, 0.6) is 0 Å². The number of anilines is 1. The quantitative estimate of drug-likeness (QED) is 0.883. The van der Waals surface area contributed by atoms with Crippen LogP contribution in [0.4, 0.5) is 10.5 Å². The van der Waals surface area contributed by atoms with E-state index in [1.165, 1.54) is 4.90 Å². The molecule has 1 aromatic rings. The molecule has 1 amide bonds. The van der Waals surface area contributed by atoms with Crippen LogP contribution >= 0.6 is 15.9 Å². The summed E-state index contributed by atoms with van der Waals surface area (Å²) in [5.74, 6) is 0. The Morgan fingerprint density at radius 1 is 1.50 bits per heavy atom. The zero-order valence-corrected chi connectivity index (χ0v) is 9.65. The van der Waals surface area contributed by atoms with Gasteiger partial charge in [0.25, 0.3) is 0 Å². The number of rotatable bonds is 2. The van der Waals surface area contributed by atoms with Crippen LogP contribution in [0.3, 0.4) is 0 Å². The van der Waals surface area contributed by atoms with Crippen LogP contribution in [0.25, 0.3) is 0 Å². The Hall–Kier alpha value is -1.03. The highest BCUT2D eigenvalue weighted by Crippen LogP contribution is 2.21. The van der Waals surface area contributed by atoms with Crippen molar-refractivity contribution in [3.8, 4) is 0 Å². The lowest BCUT2D eigenvalue weighted by Crippen LogP contribution is -2.35. The van der Waals surface area contributed by atoms with Gasteiger partial charge in [-0.05, 0) is 32.0 Å². The number of hydrogen-bond donors (Lipinski definition) is 1. The van der Waals surface area contributed by atoms with Crippen LogP contribution in [0.1, 0.15) is 13.8 Å². The molecule has 0 saturated heterocycles. The number of halogens is 1. The van der Waals surface area contributed by atoms with E-state index in [4.69, 9.17) is 5.11 Å². The largest absolute Gasteiger partial charge is 0.465 e. The summed E-state index contributed by atoms with van der Waals surface area (Å²) in [7, 11) is 0. The van der Waals surface area contributed by atoms with Crippen molar-refractivity contribution >= 4 is 27.7 Å². The van der Waals surface area contributed by atoms with E-state index in [-0.39, 0.29) is 6.04 Å². The van der Waals surface area contributed by atoms with Crippen molar-refractivity contribution in [2.45, 2.75) is 19.9 Å². The Bertz CT molecular complexity index is 339. The summed E-state index contributed by atoms with van der Waals surface area (Å²) in [6, 6.07) is 7.18. The van der Waals surface area contributed by atoms with Gasteiger partial charge in [-0.15, -0.1) is 0 Å². The molecular weight excluding hydrogens is 246 g/mol. The van der Waals surface area contributed by atoms with Gasteiger partial charge in [0.1, 0.15) is 0 Å². The summed E-state index contributed by atoms with van der Waals surface area (Å²) in [5, 5.41) is 9.00. The minimum atomic E-state index is -0.932. The van der Waals surface area contributed by atoms with E-state index in [1.54, 1.807) is 12.1 Å². The van der Waals surface area contributed by atoms with Crippen molar-refractivity contribution < 1.29 is 9.90 Å². The summed E-state index contributed by atoms with van der Waals surface area (Å²) < 4.78 is 0.877. The summed E-state index contributed by atoms with van der Waals surface area (Å²) in [4.78, 5) is 12.3. The van der Waals surface area contributed by atoms with Gasteiger partial charge in [0.05, 0.1) is 0 Å². The molecule has 0 radical (unpaired) electrons. The molecule has 0 atom stereocenters. The first-order valence-corrected chi connectivity index (χ1v) is 5.09. The summed E-state index contributed by atoms with van der Waals surface area (Å²) in [6.45, 7) is 3.68. The van der Waals surface area contributed by atoms with E-state index in [9.17, 15) is 4.79 Å². The minimum absolute atomic E-state index is 0.0678. The number of hydrogen-bond acceptors (Lipinski definition) is 1. The monoisotopic (exact) mass is 257 g/mol. The van der Waals surface area contributed by atoms with Crippen molar-refractivity contribution in [1.82, 2.24) is 0 Å². The van der Waals surface area contributed by atoms with Gasteiger partial charge in [0.2, 0.25) is 0 Å². The van der Waals surface area contributed by atoms with E-state index in [1.807, 2.05) is 26.0 Å². The molecule has 0 unspecified atom stereocenters. The Morgan fingerprint density at radius 3 is 2.57 bits per heavy atom. The van der Waals surface area contributed by atoms with E-state index in [0.29, 0.717) is 5.69 Å². The third-order valence-electron chi connectivity index (χ3n) is 1.81. The van der Waals surface area contributed by atoms with Gasteiger partial charge in [-0.3, -0.25) is 4.90 Å². The molecule has 4 heteroatoms. The Morgan fingerprint density at radius 2 is 2.14 bits per heavy atom. The van der Waals surface area contributed by atoms with Crippen molar-refractivity contribution in [2.24, 2.45) is 0 Å². The fourth-order valence-electron chi connectivity index (χ4n) is 1.26. The Labute approximate surface area is 91.5 Å². The van der Waals surface area contributed by atoms with Crippen molar-refractivity contribution in [3.05, 3.63) is 28.7 Å². The number of carbonyl (C=O) groups is 1. The average Bonchev–Trinajstić information content (AvgIpc) is 2.02. The highest BCUT2D eigenvalue weighted by atomic mass is 79.9. The van der Waals surface area contributed by atoms with Crippen LogP contribution in [0.2, 0.25) is 0 Å². The first-order valence-electron chi connectivity index (χ1n) is 4.30. The molecule has 0 aliphatic heterocycles. The number of carboxylic acid groups (broad SMARTS) is 1. The molecule has 76 valence electrons. The maximum Gasteiger partial charge on any atom is 0.412 e. The lowest BCUT2D eigenvalue weighted by molar-refractivity contribution is 0.200. The van der Waals surface area contributed by atoms with Gasteiger partial charge in [0.15, 0.2) is 0 Å². The highest BCUT2D eigenvalue weighted by molar-refractivity contribution is 9.10. The van der Waals surface area contributed by atoms with Crippen LogP contribution in [-0.4, -0.2) is 17.2 Å². The smallest absolute Gasteiger partial charge is 0.412 e. The van der Waals surface area contributed by atoms with E-state index in [2.05, 4.69) is 15.9 Å². The van der Waals surface area contributed by atoms with Crippen LogP contribution in [-0.2, 0) is 0 Å². The normalized spacial score (nSPS) is 10.3. The third-order valence-corrected chi connectivity index (χ3v) is 2.30. The molecule has 0 bridgehead atoms. The number of benzene rings is 1. The highest BCUT2D eigenvalue weighted by Gasteiger charge is 2.17. The van der Waals surface area contributed by atoms with Gasteiger partial charge in [-0.1, -0.05) is 22.0 Å². The van der Waals surface area contributed by atoms with Crippen molar-refractivity contribution in [2.75, 3.05) is 4.90 Å². The second-order valence-electron chi connectivity index (χ2n) is 3.23. The van der Waals surface area contributed by atoms with Gasteiger partial charge >= 0.3 is 6.09 Å². The summed E-state index contributed by atoms with van der Waals surface area (Å²) in [5.41, 5.74) is 0.682. The van der Waals surface area contributed by atoms with E-state index >= 15 is 0 Å². The molecule has 0 spiro atoms. The van der Waals surface area contributed by atoms with E-state index < -0.39 is 6.09 Å². The zero-order chi connectivity index (χ0) is 10.7. The molecule has 0 saturated carbocycles. The molecule has 0 fully saturated rings. The molecule has 14 heavy (non-hydrogen) atoms. The second-order valence-corrected chi connectivity index (χ2v) is 4.14. The number of amides is 1. The lowest BCUT2D eigenvalue weighted by atomic mass is 10.2. The van der Waals surface area contributed by atoms with Crippen LogP contribution in [0.15, 0.2) is 28.7 Å². The van der Waals surface area contributed by atoms with Crippen LogP contribution in [0, 0.1) is 0 Å². The fraction of sp³-hybridized carbons (Fsp3) is 0.300. The van der Waals surface area contributed by atoms with Gasteiger partial charge in [-0.2, -0.15) is 0 Å². The summed E-state index contributed by atoms with van der Waals surface area (Å²) >= 11 is 3.31. The topological polar surface area (TPSA) is 40.5 Å². The Balaban J connectivity index is 3.05. The molecule has 3 nitrogen and oxygen atoms in total. The lowest BCUT2D eigenvalue weighted by Gasteiger charge is -2.23. The molecule has 0 aliphatic carbocycles. The molecule has 0 aromatic heterocycles. The van der Waals surface area contributed by atoms with Gasteiger partial charge in [-0.25, -0.2) is 4.79 Å². The maximum absolute atomic E-state index is 11.0. The summed E-state index contributed by atoms with van der Waals surface area (Å²) in [6.07, 6.45) is -0.932. The molecule has 0 aliphatic rings. The van der Waals surface area contributed by atoms with Crippen molar-refractivity contribution in [3.63, 3.8) is 0 Å². The molecule has 1 N–H and O–H groups in total. The van der Waals surface area contributed by atoms with Gasteiger partial charge in [0, 0.05) is 16.2 Å². The van der Waals surface area contributed by atoms with Crippen LogP contribution < -0.4 is 4.90 Å². The molecule has 1 rings (SSSR count). The fourth-order valence-corrected chi connectivity index (χ4v) is 1.64. The first kappa shape index (κ1) is 11.0. The second kappa shape index (κ2) is 4.46. The molecular formula is C10H12BrNO2. The number of nitrogens with zero attached hydrogens (tertiary/aromatic N) is 1.